The van der Waals surface area contributed by atoms with Crippen LogP contribution in [-0.4, -0.2) is 23.9 Å². The Hall–Kier alpha value is -2.56. The molecule has 3 aromatic rings. The van der Waals surface area contributed by atoms with Gasteiger partial charge in [-0.3, -0.25) is 4.79 Å². The van der Waals surface area contributed by atoms with E-state index in [4.69, 9.17) is 27.9 Å². The van der Waals surface area contributed by atoms with Crippen molar-refractivity contribution in [2.24, 2.45) is 0 Å². The molecule has 0 unspecified atom stereocenters. The number of pyridine rings is 1. The van der Waals surface area contributed by atoms with Crippen molar-refractivity contribution in [3.05, 3.63) is 75.9 Å². The molecule has 0 atom stereocenters. The van der Waals surface area contributed by atoms with Crippen molar-refractivity contribution in [2.75, 3.05) is 18.5 Å². The van der Waals surface area contributed by atoms with Crippen LogP contribution < -0.4 is 10.1 Å². The van der Waals surface area contributed by atoms with Crippen LogP contribution in [0.5, 0.6) is 5.75 Å². The van der Waals surface area contributed by atoms with E-state index in [-0.39, 0.29) is 5.78 Å². The lowest BCUT2D eigenvalue weighted by molar-refractivity contribution is 0.103. The van der Waals surface area contributed by atoms with Gasteiger partial charge in [0.25, 0.3) is 0 Å². The standard InChI is InChI=1S/C23H22Cl2N2O2/c1-3-11-26-23-20(22(28)19-10-7-17(24)13-21(19)25)12-16(14-27-23)15-5-8-18(9-6-15)29-4-2/h5-10,12-14H,3-4,11H2,1-2H3,(H,26,27). The van der Waals surface area contributed by atoms with E-state index in [9.17, 15) is 4.79 Å². The van der Waals surface area contributed by atoms with Crippen LogP contribution in [0, 0.1) is 0 Å². The Morgan fingerprint density at radius 2 is 1.76 bits per heavy atom. The van der Waals surface area contributed by atoms with Gasteiger partial charge in [0.15, 0.2) is 5.78 Å². The maximum Gasteiger partial charge on any atom is 0.198 e. The van der Waals surface area contributed by atoms with Gasteiger partial charge in [0.1, 0.15) is 11.6 Å². The molecule has 0 bridgehead atoms. The van der Waals surface area contributed by atoms with Crippen LogP contribution in [-0.2, 0) is 0 Å². The zero-order valence-electron chi connectivity index (χ0n) is 16.3. The Balaban J connectivity index is 2.02. The van der Waals surface area contributed by atoms with Gasteiger partial charge in [0, 0.05) is 28.9 Å². The second kappa shape index (κ2) is 9.77. The molecule has 0 radical (unpaired) electrons. The van der Waals surface area contributed by atoms with E-state index in [1.54, 1.807) is 24.4 Å². The minimum atomic E-state index is -0.203. The summed E-state index contributed by atoms with van der Waals surface area (Å²) in [6.45, 7) is 5.32. The smallest absolute Gasteiger partial charge is 0.198 e. The summed E-state index contributed by atoms with van der Waals surface area (Å²) in [5.74, 6) is 1.14. The molecule has 0 fully saturated rings. The number of rotatable bonds is 8. The van der Waals surface area contributed by atoms with Gasteiger partial charge in [0.05, 0.1) is 17.2 Å². The number of anilines is 1. The topological polar surface area (TPSA) is 51.2 Å². The molecule has 2 aromatic carbocycles. The normalized spacial score (nSPS) is 10.6. The number of hydrogen-bond acceptors (Lipinski definition) is 4. The number of ether oxygens (including phenoxy) is 1. The van der Waals surface area contributed by atoms with Crippen LogP contribution in [0.1, 0.15) is 36.2 Å². The lowest BCUT2D eigenvalue weighted by atomic mass is 9.99. The first-order chi connectivity index (χ1) is 14.0. The van der Waals surface area contributed by atoms with Gasteiger partial charge in [-0.15, -0.1) is 0 Å². The first kappa shape index (κ1) is 21.2. The van der Waals surface area contributed by atoms with Crippen LogP contribution in [0.25, 0.3) is 11.1 Å². The molecule has 1 aromatic heterocycles. The minimum Gasteiger partial charge on any atom is -0.494 e. The molecule has 0 spiro atoms. The Kier molecular flexibility index (Phi) is 7.13. The van der Waals surface area contributed by atoms with Gasteiger partial charge in [-0.1, -0.05) is 42.3 Å². The molecule has 4 nitrogen and oxygen atoms in total. The Labute approximate surface area is 180 Å². The summed E-state index contributed by atoms with van der Waals surface area (Å²) in [5, 5.41) is 4.03. The second-order valence-electron chi connectivity index (χ2n) is 6.46. The molecule has 0 aliphatic carbocycles. The number of carbonyl (C=O) groups is 1. The second-order valence-corrected chi connectivity index (χ2v) is 7.30. The van der Waals surface area contributed by atoms with E-state index in [2.05, 4.69) is 17.2 Å². The average Bonchev–Trinajstić information content (AvgIpc) is 2.72. The van der Waals surface area contributed by atoms with Crippen molar-refractivity contribution in [1.82, 2.24) is 4.98 Å². The van der Waals surface area contributed by atoms with Crippen molar-refractivity contribution >= 4 is 34.8 Å². The number of halogens is 2. The zero-order valence-corrected chi connectivity index (χ0v) is 17.8. The lowest BCUT2D eigenvalue weighted by Gasteiger charge is -2.13. The van der Waals surface area contributed by atoms with Gasteiger partial charge in [0.2, 0.25) is 0 Å². The molecule has 0 saturated carbocycles. The molecule has 0 aliphatic heterocycles. The Morgan fingerprint density at radius 3 is 2.41 bits per heavy atom. The van der Waals surface area contributed by atoms with Crippen molar-refractivity contribution < 1.29 is 9.53 Å². The van der Waals surface area contributed by atoms with Crippen LogP contribution in [0.2, 0.25) is 10.0 Å². The van der Waals surface area contributed by atoms with Crippen molar-refractivity contribution in [3.8, 4) is 16.9 Å². The molecule has 6 heteroatoms. The summed E-state index contributed by atoms with van der Waals surface area (Å²) in [5.41, 5.74) is 2.64. The van der Waals surface area contributed by atoms with Crippen LogP contribution in [0.3, 0.4) is 0 Å². The van der Waals surface area contributed by atoms with E-state index in [0.29, 0.717) is 40.1 Å². The van der Waals surface area contributed by atoms with E-state index in [1.165, 1.54) is 0 Å². The van der Waals surface area contributed by atoms with Crippen LogP contribution in [0.15, 0.2) is 54.7 Å². The summed E-state index contributed by atoms with van der Waals surface area (Å²) in [7, 11) is 0. The fourth-order valence-electron chi connectivity index (χ4n) is 2.91. The fourth-order valence-corrected chi connectivity index (χ4v) is 3.40. The summed E-state index contributed by atoms with van der Waals surface area (Å²) in [4.78, 5) is 17.8. The minimum absolute atomic E-state index is 0.203. The third kappa shape index (κ3) is 5.08. The first-order valence-corrected chi connectivity index (χ1v) is 10.3. The zero-order chi connectivity index (χ0) is 20.8. The molecule has 0 saturated heterocycles. The maximum absolute atomic E-state index is 13.3. The SMILES string of the molecule is CCCNc1ncc(-c2ccc(OCC)cc2)cc1C(=O)c1ccc(Cl)cc1Cl. The van der Waals surface area contributed by atoms with Gasteiger partial charge >= 0.3 is 0 Å². The highest BCUT2D eigenvalue weighted by atomic mass is 35.5. The predicted molar refractivity (Wildman–Crippen MR) is 120 cm³/mol. The van der Waals surface area contributed by atoms with Gasteiger partial charge in [-0.2, -0.15) is 0 Å². The van der Waals surface area contributed by atoms with Crippen molar-refractivity contribution in [3.63, 3.8) is 0 Å². The number of carbonyl (C=O) groups excluding carboxylic acids is 1. The Bertz CT molecular complexity index is 1000. The largest absolute Gasteiger partial charge is 0.494 e. The Morgan fingerprint density at radius 1 is 1.00 bits per heavy atom. The van der Waals surface area contributed by atoms with Gasteiger partial charge in [-0.05, 0) is 55.3 Å². The highest BCUT2D eigenvalue weighted by Crippen LogP contribution is 2.29. The van der Waals surface area contributed by atoms with Crippen LogP contribution in [0.4, 0.5) is 5.82 Å². The van der Waals surface area contributed by atoms with Crippen molar-refractivity contribution in [2.45, 2.75) is 20.3 Å². The van der Waals surface area contributed by atoms with E-state index >= 15 is 0 Å². The molecule has 3 rings (SSSR count). The average molecular weight is 429 g/mol. The number of hydrogen-bond donors (Lipinski definition) is 1. The lowest BCUT2D eigenvalue weighted by Crippen LogP contribution is -2.11. The third-order valence-corrected chi connectivity index (χ3v) is 4.90. The van der Waals surface area contributed by atoms with Crippen molar-refractivity contribution in [1.29, 1.82) is 0 Å². The number of benzene rings is 2. The molecule has 0 amide bonds. The third-order valence-electron chi connectivity index (χ3n) is 4.35. The van der Waals surface area contributed by atoms with E-state index in [1.807, 2.05) is 37.3 Å². The molecular weight excluding hydrogens is 407 g/mol. The number of aromatic nitrogens is 1. The summed E-state index contributed by atoms with van der Waals surface area (Å²) in [6.07, 6.45) is 2.67. The summed E-state index contributed by atoms with van der Waals surface area (Å²) >= 11 is 12.3. The quantitative estimate of drug-likeness (QED) is 0.415. The summed E-state index contributed by atoms with van der Waals surface area (Å²) < 4.78 is 5.50. The van der Waals surface area contributed by atoms with E-state index < -0.39 is 0 Å². The first-order valence-electron chi connectivity index (χ1n) is 9.50. The van der Waals surface area contributed by atoms with Gasteiger partial charge in [-0.25, -0.2) is 4.98 Å². The molecule has 0 aliphatic rings. The number of ketones is 1. The monoisotopic (exact) mass is 428 g/mol. The van der Waals surface area contributed by atoms with Crippen LogP contribution >= 0.6 is 23.2 Å². The molecule has 1 heterocycles. The number of nitrogens with one attached hydrogen (secondary N) is 1. The van der Waals surface area contributed by atoms with Gasteiger partial charge < -0.3 is 10.1 Å². The fraction of sp³-hybridized carbons (Fsp3) is 0.217. The highest BCUT2D eigenvalue weighted by Gasteiger charge is 2.19. The molecule has 150 valence electrons. The van der Waals surface area contributed by atoms with E-state index in [0.717, 1.165) is 23.3 Å². The maximum atomic E-state index is 13.3. The highest BCUT2D eigenvalue weighted by molar-refractivity contribution is 6.37. The molecular formula is C23H22Cl2N2O2. The number of nitrogens with zero attached hydrogens (tertiary/aromatic N) is 1. The summed E-state index contributed by atoms with van der Waals surface area (Å²) in [6, 6.07) is 14.4. The molecule has 29 heavy (non-hydrogen) atoms. The molecule has 1 N–H and O–H groups in total. The predicted octanol–water partition coefficient (Wildman–Crippen LogP) is 6.51.